The number of rotatable bonds is 4. The molecule has 98 valence electrons. The summed E-state index contributed by atoms with van der Waals surface area (Å²) in [4.78, 5) is 19.7. The minimum Gasteiger partial charge on any atom is -0.382 e. The van der Waals surface area contributed by atoms with E-state index in [0.717, 1.165) is 6.42 Å². The van der Waals surface area contributed by atoms with Crippen LogP contribution in [0.25, 0.3) is 0 Å². The smallest absolute Gasteiger partial charge is 0.271 e. The minimum atomic E-state index is -0.261. The maximum absolute atomic E-state index is 11.9. The maximum Gasteiger partial charge on any atom is 0.271 e. The molecule has 5 heteroatoms. The Morgan fingerprint density at radius 2 is 2.05 bits per heavy atom. The topological polar surface area (TPSA) is 80.9 Å². The monoisotopic (exact) mass is 256 g/mol. The van der Waals surface area contributed by atoms with Crippen LogP contribution in [-0.2, 0) is 6.42 Å². The van der Waals surface area contributed by atoms with Gasteiger partial charge in [0.1, 0.15) is 11.5 Å². The van der Waals surface area contributed by atoms with Gasteiger partial charge < -0.3 is 11.1 Å². The average Bonchev–Trinajstić information content (AvgIpc) is 2.39. The van der Waals surface area contributed by atoms with Crippen LogP contribution < -0.4 is 11.1 Å². The third-order valence-electron chi connectivity index (χ3n) is 2.65. The molecule has 0 spiro atoms. The number of nitrogens with one attached hydrogen (secondary N) is 1. The fourth-order valence-corrected chi connectivity index (χ4v) is 1.81. The summed E-state index contributed by atoms with van der Waals surface area (Å²) in [6.45, 7) is 1.95. The minimum absolute atomic E-state index is 0.0122. The molecule has 5 nitrogen and oxygen atoms in total. The molecule has 1 atom stereocenters. The first-order valence-electron chi connectivity index (χ1n) is 6.07. The van der Waals surface area contributed by atoms with Crippen molar-refractivity contribution >= 4 is 11.7 Å². The lowest BCUT2D eigenvalue weighted by Gasteiger charge is -2.13. The third kappa shape index (κ3) is 3.77. The van der Waals surface area contributed by atoms with E-state index in [9.17, 15) is 4.79 Å². The van der Waals surface area contributed by atoms with Gasteiger partial charge in [-0.15, -0.1) is 0 Å². The molecule has 1 amide bonds. The molecular formula is C14H16N4O. The molecule has 0 aliphatic rings. The zero-order valence-corrected chi connectivity index (χ0v) is 10.7. The highest BCUT2D eigenvalue weighted by atomic mass is 16.1. The van der Waals surface area contributed by atoms with E-state index in [1.807, 2.05) is 37.3 Å². The molecule has 0 fully saturated rings. The highest BCUT2D eigenvalue weighted by Crippen LogP contribution is 2.04. The molecule has 0 radical (unpaired) electrons. The molecular weight excluding hydrogens is 240 g/mol. The standard InChI is InChI=1S/C14H16N4O/c1-10(7-11-5-3-2-4-6-11)17-14(19)12-8-16-9-13(15)18-12/h2-6,8-10H,7H2,1H3,(H2,15,18)(H,17,19). The van der Waals surface area contributed by atoms with E-state index in [1.165, 1.54) is 18.0 Å². The number of hydrogen-bond donors (Lipinski definition) is 2. The van der Waals surface area contributed by atoms with Gasteiger partial charge >= 0.3 is 0 Å². The summed E-state index contributed by atoms with van der Waals surface area (Å²) in [5, 5.41) is 2.87. The second-order valence-electron chi connectivity index (χ2n) is 4.39. The number of amides is 1. The summed E-state index contributed by atoms with van der Waals surface area (Å²) in [6.07, 6.45) is 3.58. The molecule has 0 aliphatic heterocycles. The Hall–Kier alpha value is -2.43. The van der Waals surface area contributed by atoms with Crippen LogP contribution in [0.3, 0.4) is 0 Å². The van der Waals surface area contributed by atoms with E-state index in [4.69, 9.17) is 5.73 Å². The number of anilines is 1. The van der Waals surface area contributed by atoms with Crippen molar-refractivity contribution in [2.24, 2.45) is 0 Å². The van der Waals surface area contributed by atoms with Gasteiger partial charge in [-0.1, -0.05) is 30.3 Å². The maximum atomic E-state index is 11.9. The quantitative estimate of drug-likeness (QED) is 0.867. The van der Waals surface area contributed by atoms with Crippen molar-refractivity contribution in [3.63, 3.8) is 0 Å². The zero-order chi connectivity index (χ0) is 13.7. The molecule has 0 aliphatic carbocycles. The Kier molecular flexibility index (Phi) is 4.07. The number of benzene rings is 1. The lowest BCUT2D eigenvalue weighted by Crippen LogP contribution is -2.34. The van der Waals surface area contributed by atoms with Crippen LogP contribution in [0.4, 0.5) is 5.82 Å². The van der Waals surface area contributed by atoms with Crippen LogP contribution >= 0.6 is 0 Å². The van der Waals surface area contributed by atoms with Gasteiger partial charge in [-0.3, -0.25) is 9.78 Å². The Bertz CT molecular complexity index is 556. The first kappa shape index (κ1) is 13.0. The van der Waals surface area contributed by atoms with E-state index in [-0.39, 0.29) is 23.5 Å². The van der Waals surface area contributed by atoms with Gasteiger partial charge in [0.05, 0.1) is 12.4 Å². The fraction of sp³-hybridized carbons (Fsp3) is 0.214. The van der Waals surface area contributed by atoms with Gasteiger partial charge in [-0.2, -0.15) is 0 Å². The molecule has 2 rings (SSSR count). The summed E-state index contributed by atoms with van der Waals surface area (Å²) in [7, 11) is 0. The van der Waals surface area contributed by atoms with Crippen molar-refractivity contribution in [2.75, 3.05) is 5.73 Å². The molecule has 3 N–H and O–H groups in total. The van der Waals surface area contributed by atoms with Gasteiger partial charge in [0.25, 0.3) is 5.91 Å². The number of nitrogens with two attached hydrogens (primary N) is 1. The molecule has 0 bridgehead atoms. The van der Waals surface area contributed by atoms with E-state index in [0.29, 0.717) is 0 Å². The second-order valence-corrected chi connectivity index (χ2v) is 4.39. The molecule has 0 saturated heterocycles. The summed E-state index contributed by atoms with van der Waals surface area (Å²) in [5.41, 5.74) is 6.91. The van der Waals surface area contributed by atoms with Crippen LogP contribution in [0, 0.1) is 0 Å². The third-order valence-corrected chi connectivity index (χ3v) is 2.65. The van der Waals surface area contributed by atoms with Crippen LogP contribution in [-0.4, -0.2) is 21.9 Å². The number of nitrogen functional groups attached to an aromatic ring is 1. The largest absolute Gasteiger partial charge is 0.382 e. The SMILES string of the molecule is CC(Cc1ccccc1)NC(=O)c1cncc(N)n1. The molecule has 1 aromatic carbocycles. The predicted molar refractivity (Wildman–Crippen MR) is 73.5 cm³/mol. The van der Waals surface area contributed by atoms with E-state index < -0.39 is 0 Å². The van der Waals surface area contributed by atoms with Gasteiger partial charge in [-0.05, 0) is 18.9 Å². The van der Waals surface area contributed by atoms with Crippen molar-refractivity contribution in [2.45, 2.75) is 19.4 Å². The van der Waals surface area contributed by atoms with Crippen molar-refractivity contribution in [3.8, 4) is 0 Å². The van der Waals surface area contributed by atoms with Crippen molar-refractivity contribution in [1.82, 2.24) is 15.3 Å². The summed E-state index contributed by atoms with van der Waals surface area (Å²) >= 11 is 0. The van der Waals surface area contributed by atoms with Crippen LogP contribution in [0.5, 0.6) is 0 Å². The first-order valence-corrected chi connectivity index (χ1v) is 6.07. The second kappa shape index (κ2) is 5.95. The predicted octanol–water partition coefficient (Wildman–Crippen LogP) is 1.42. The van der Waals surface area contributed by atoms with Crippen molar-refractivity contribution in [1.29, 1.82) is 0 Å². The van der Waals surface area contributed by atoms with Crippen molar-refractivity contribution in [3.05, 3.63) is 54.0 Å². The Morgan fingerprint density at radius 3 is 2.74 bits per heavy atom. The Morgan fingerprint density at radius 1 is 1.32 bits per heavy atom. The number of aromatic nitrogens is 2. The molecule has 2 aromatic rings. The van der Waals surface area contributed by atoms with Crippen LogP contribution in [0.2, 0.25) is 0 Å². The summed E-state index contributed by atoms with van der Waals surface area (Å²) < 4.78 is 0. The molecule has 19 heavy (non-hydrogen) atoms. The normalized spacial score (nSPS) is 11.8. The molecule has 1 unspecified atom stereocenters. The van der Waals surface area contributed by atoms with Gasteiger partial charge in [0.2, 0.25) is 0 Å². The summed E-state index contributed by atoms with van der Waals surface area (Å²) in [5.74, 6) is -0.0217. The van der Waals surface area contributed by atoms with Gasteiger partial charge in [0, 0.05) is 6.04 Å². The number of nitrogens with zero attached hydrogens (tertiary/aromatic N) is 2. The zero-order valence-electron chi connectivity index (χ0n) is 10.7. The van der Waals surface area contributed by atoms with E-state index in [1.54, 1.807) is 0 Å². The van der Waals surface area contributed by atoms with E-state index in [2.05, 4.69) is 15.3 Å². The van der Waals surface area contributed by atoms with E-state index >= 15 is 0 Å². The lowest BCUT2D eigenvalue weighted by atomic mass is 10.1. The van der Waals surface area contributed by atoms with Crippen LogP contribution in [0.15, 0.2) is 42.7 Å². The Balaban J connectivity index is 1.95. The highest BCUT2D eigenvalue weighted by Gasteiger charge is 2.12. The lowest BCUT2D eigenvalue weighted by molar-refractivity contribution is 0.0935. The average molecular weight is 256 g/mol. The first-order chi connectivity index (χ1) is 9.15. The summed E-state index contributed by atoms with van der Waals surface area (Å²) in [6, 6.07) is 10.00. The molecule has 1 aromatic heterocycles. The van der Waals surface area contributed by atoms with Crippen molar-refractivity contribution < 1.29 is 4.79 Å². The van der Waals surface area contributed by atoms with Gasteiger partial charge in [0.15, 0.2) is 0 Å². The number of carbonyl (C=O) groups excluding carboxylic acids is 1. The highest BCUT2D eigenvalue weighted by molar-refractivity contribution is 5.92. The number of carbonyl (C=O) groups is 1. The molecule has 1 heterocycles. The number of hydrogen-bond acceptors (Lipinski definition) is 4. The van der Waals surface area contributed by atoms with Gasteiger partial charge in [-0.25, -0.2) is 4.98 Å². The van der Waals surface area contributed by atoms with Crippen LogP contribution in [0.1, 0.15) is 23.0 Å². The fourth-order valence-electron chi connectivity index (χ4n) is 1.81. The Labute approximate surface area is 111 Å². The molecule has 0 saturated carbocycles.